The van der Waals surface area contributed by atoms with Crippen LogP contribution in [0.5, 0.6) is 0 Å². The fraction of sp³-hybridized carbons (Fsp3) is 0.188. The van der Waals surface area contributed by atoms with E-state index in [1.165, 1.54) is 18.4 Å². The molecule has 22 heavy (non-hydrogen) atoms. The molecular weight excluding hydrogens is 291 g/mol. The van der Waals surface area contributed by atoms with E-state index in [0.717, 1.165) is 12.7 Å². The van der Waals surface area contributed by atoms with Crippen LogP contribution in [0.15, 0.2) is 41.0 Å². The van der Waals surface area contributed by atoms with Crippen LogP contribution in [-0.4, -0.2) is 24.6 Å². The number of carbonyl (C=O) groups is 3. The van der Waals surface area contributed by atoms with Crippen molar-refractivity contribution in [2.75, 3.05) is 7.11 Å². The van der Waals surface area contributed by atoms with Gasteiger partial charge in [0, 0.05) is 12.0 Å². The predicted octanol–water partition coefficient (Wildman–Crippen LogP) is 2.32. The number of carbonyl (C=O) groups excluding carboxylic acids is 3. The van der Waals surface area contributed by atoms with Crippen LogP contribution in [-0.2, 0) is 20.7 Å². The molecule has 0 radical (unpaired) electrons. The summed E-state index contributed by atoms with van der Waals surface area (Å²) in [7, 11) is 1.07. The quantitative estimate of drug-likeness (QED) is 0.354. The Hall–Kier alpha value is -2.76. The van der Waals surface area contributed by atoms with Crippen molar-refractivity contribution in [2.24, 2.45) is 0 Å². The van der Waals surface area contributed by atoms with Gasteiger partial charge in [0.1, 0.15) is 5.82 Å². The van der Waals surface area contributed by atoms with E-state index >= 15 is 0 Å². The molecule has 0 aliphatic rings. The van der Waals surface area contributed by atoms with Crippen LogP contribution >= 0.6 is 0 Å². The number of esters is 1. The maximum atomic E-state index is 12.9. The second-order valence-corrected chi connectivity index (χ2v) is 4.59. The van der Waals surface area contributed by atoms with Crippen molar-refractivity contribution in [1.82, 2.24) is 0 Å². The van der Waals surface area contributed by atoms with E-state index in [4.69, 9.17) is 4.42 Å². The fourth-order valence-electron chi connectivity index (χ4n) is 1.95. The van der Waals surface area contributed by atoms with Crippen LogP contribution < -0.4 is 0 Å². The number of rotatable bonds is 6. The van der Waals surface area contributed by atoms with Crippen LogP contribution in [0, 0.1) is 5.82 Å². The summed E-state index contributed by atoms with van der Waals surface area (Å²) >= 11 is 0. The average molecular weight is 304 g/mol. The molecule has 0 saturated carbocycles. The third-order valence-electron chi connectivity index (χ3n) is 3.04. The second-order valence-electron chi connectivity index (χ2n) is 4.59. The molecule has 0 fully saturated rings. The summed E-state index contributed by atoms with van der Waals surface area (Å²) in [5, 5.41) is 0. The molecule has 0 aliphatic heterocycles. The summed E-state index contributed by atoms with van der Waals surface area (Å²) in [4.78, 5) is 34.5. The largest absolute Gasteiger partial charge is 0.463 e. The van der Waals surface area contributed by atoms with E-state index < -0.39 is 24.0 Å². The average Bonchev–Trinajstić information content (AvgIpc) is 2.96. The summed E-state index contributed by atoms with van der Waals surface area (Å²) in [5.74, 6) is -2.94. The first-order chi connectivity index (χ1) is 10.5. The molecule has 1 aromatic heterocycles. The highest BCUT2D eigenvalue weighted by Gasteiger charge is 2.23. The number of methoxy groups -OCH3 is 1. The molecule has 0 bridgehead atoms. The molecule has 2 rings (SSSR count). The zero-order chi connectivity index (χ0) is 16.1. The molecule has 5 nitrogen and oxygen atoms in total. The lowest BCUT2D eigenvalue weighted by Crippen LogP contribution is -2.19. The Bertz CT molecular complexity index is 700. The highest BCUT2D eigenvalue weighted by molar-refractivity contribution is 6.38. The van der Waals surface area contributed by atoms with Gasteiger partial charge in [0.25, 0.3) is 0 Å². The third kappa shape index (κ3) is 3.66. The van der Waals surface area contributed by atoms with Crippen LogP contribution in [0.25, 0.3) is 0 Å². The molecule has 114 valence electrons. The standard InChI is InChI=1S/C16H13FO5/c1-21-16(20)14(19)9-13(18)15-11(6-7-22-15)8-10-2-4-12(17)5-3-10/h2-7H,8-9H2,1H3. The van der Waals surface area contributed by atoms with E-state index in [1.54, 1.807) is 18.2 Å². The first-order valence-corrected chi connectivity index (χ1v) is 6.46. The van der Waals surface area contributed by atoms with E-state index in [-0.39, 0.29) is 11.6 Å². The van der Waals surface area contributed by atoms with E-state index in [0.29, 0.717) is 12.0 Å². The molecule has 0 aliphatic carbocycles. The molecule has 0 N–H and O–H groups in total. The summed E-state index contributed by atoms with van der Waals surface area (Å²) in [6.45, 7) is 0. The molecule has 0 amide bonds. The molecule has 0 saturated heterocycles. The Balaban J connectivity index is 2.12. The van der Waals surface area contributed by atoms with Crippen molar-refractivity contribution >= 4 is 17.5 Å². The SMILES string of the molecule is COC(=O)C(=O)CC(=O)c1occc1Cc1ccc(F)cc1. The van der Waals surface area contributed by atoms with Gasteiger partial charge in [-0.1, -0.05) is 12.1 Å². The molecule has 1 aromatic carbocycles. The Kier molecular flexibility index (Phi) is 4.83. The van der Waals surface area contributed by atoms with Crippen LogP contribution in [0.1, 0.15) is 28.1 Å². The normalized spacial score (nSPS) is 10.3. The van der Waals surface area contributed by atoms with Gasteiger partial charge in [0.05, 0.1) is 19.8 Å². The molecule has 0 spiro atoms. The second kappa shape index (κ2) is 6.80. The highest BCUT2D eigenvalue weighted by atomic mass is 19.1. The number of ketones is 2. The van der Waals surface area contributed by atoms with Crippen LogP contribution in [0.3, 0.4) is 0 Å². The minimum atomic E-state index is -1.07. The molecule has 0 unspecified atom stereocenters. The lowest BCUT2D eigenvalue weighted by Gasteiger charge is -2.02. The topological polar surface area (TPSA) is 73.6 Å². The van der Waals surface area contributed by atoms with Gasteiger partial charge in [-0.3, -0.25) is 9.59 Å². The van der Waals surface area contributed by atoms with Gasteiger partial charge in [-0.2, -0.15) is 0 Å². The highest BCUT2D eigenvalue weighted by Crippen LogP contribution is 2.18. The van der Waals surface area contributed by atoms with Gasteiger partial charge >= 0.3 is 5.97 Å². The van der Waals surface area contributed by atoms with Gasteiger partial charge in [0.2, 0.25) is 11.6 Å². The lowest BCUT2D eigenvalue weighted by atomic mass is 10.0. The van der Waals surface area contributed by atoms with Crippen molar-refractivity contribution in [3.8, 4) is 0 Å². The van der Waals surface area contributed by atoms with Crippen molar-refractivity contribution < 1.29 is 27.9 Å². The number of hydrogen-bond donors (Lipinski definition) is 0. The first-order valence-electron chi connectivity index (χ1n) is 6.46. The monoisotopic (exact) mass is 304 g/mol. The number of Topliss-reactive ketones (excluding diaryl/α,β-unsaturated/α-hetero) is 2. The number of furan rings is 1. The summed E-state index contributed by atoms with van der Waals surface area (Å²) in [6, 6.07) is 7.42. The Morgan fingerprint density at radius 3 is 2.45 bits per heavy atom. The van der Waals surface area contributed by atoms with Gasteiger partial charge in [-0.05, 0) is 23.8 Å². The molecule has 1 heterocycles. The van der Waals surface area contributed by atoms with Crippen molar-refractivity contribution in [2.45, 2.75) is 12.8 Å². The lowest BCUT2D eigenvalue weighted by molar-refractivity contribution is -0.151. The molecule has 2 aromatic rings. The van der Waals surface area contributed by atoms with E-state index in [9.17, 15) is 18.8 Å². The number of benzene rings is 1. The zero-order valence-electron chi connectivity index (χ0n) is 11.8. The van der Waals surface area contributed by atoms with Gasteiger partial charge in [-0.15, -0.1) is 0 Å². The van der Waals surface area contributed by atoms with Gasteiger partial charge in [-0.25, -0.2) is 9.18 Å². The molecular formula is C16H13FO5. The third-order valence-corrected chi connectivity index (χ3v) is 3.04. The van der Waals surface area contributed by atoms with Gasteiger partial charge in [0.15, 0.2) is 5.76 Å². The molecule has 6 heteroatoms. The van der Waals surface area contributed by atoms with E-state index in [1.807, 2.05) is 0 Å². The summed E-state index contributed by atoms with van der Waals surface area (Å²) in [6.07, 6.45) is 1.07. The first kappa shape index (κ1) is 15.6. The minimum Gasteiger partial charge on any atom is -0.463 e. The van der Waals surface area contributed by atoms with Crippen molar-refractivity contribution in [1.29, 1.82) is 0 Å². The number of halogens is 1. The van der Waals surface area contributed by atoms with E-state index in [2.05, 4.69) is 4.74 Å². The number of ether oxygens (including phenoxy) is 1. The van der Waals surface area contributed by atoms with Crippen LogP contribution in [0.2, 0.25) is 0 Å². The minimum absolute atomic E-state index is 0.0154. The van der Waals surface area contributed by atoms with Crippen molar-refractivity contribution in [3.63, 3.8) is 0 Å². The Labute approximate surface area is 125 Å². The van der Waals surface area contributed by atoms with Crippen molar-refractivity contribution in [3.05, 3.63) is 59.3 Å². The Morgan fingerprint density at radius 1 is 1.14 bits per heavy atom. The van der Waals surface area contributed by atoms with Gasteiger partial charge < -0.3 is 9.15 Å². The van der Waals surface area contributed by atoms with Crippen LogP contribution in [0.4, 0.5) is 4.39 Å². The Morgan fingerprint density at radius 2 is 1.82 bits per heavy atom. The maximum Gasteiger partial charge on any atom is 0.374 e. The zero-order valence-corrected chi connectivity index (χ0v) is 11.8. The maximum absolute atomic E-state index is 12.9. The number of hydrogen-bond acceptors (Lipinski definition) is 5. The summed E-state index contributed by atoms with van der Waals surface area (Å²) < 4.78 is 22.2. The summed E-state index contributed by atoms with van der Waals surface area (Å²) in [5.41, 5.74) is 1.35. The predicted molar refractivity (Wildman–Crippen MR) is 73.9 cm³/mol. The molecule has 0 atom stereocenters. The fourth-order valence-corrected chi connectivity index (χ4v) is 1.95. The smallest absolute Gasteiger partial charge is 0.374 e.